The van der Waals surface area contributed by atoms with Crippen LogP contribution in [-0.4, -0.2) is 0 Å². The maximum absolute atomic E-state index is 9.10. The van der Waals surface area contributed by atoms with Gasteiger partial charge in [-0.25, -0.2) is 0 Å². The first-order chi connectivity index (χ1) is 7.55. The lowest BCUT2D eigenvalue weighted by Gasteiger charge is -2.29. The largest absolute Gasteiger partial charge is 0.193 e. The predicted molar refractivity (Wildman–Crippen MR) is 64.3 cm³/mol. The molecular weight excluding hydrogens is 196 g/mol. The Morgan fingerprint density at radius 2 is 2.00 bits per heavy atom. The molecule has 0 amide bonds. The molecule has 2 nitrogen and oxygen atoms in total. The molecule has 1 rings (SSSR count). The molecule has 0 heterocycles. The van der Waals surface area contributed by atoms with E-state index >= 15 is 0 Å². The molecule has 0 fully saturated rings. The lowest BCUT2D eigenvalue weighted by molar-refractivity contribution is 0.437. The third-order valence-electron chi connectivity index (χ3n) is 3.05. The first kappa shape index (κ1) is 12.5. The van der Waals surface area contributed by atoms with Crippen molar-refractivity contribution in [1.29, 1.82) is 10.5 Å². The summed E-state index contributed by atoms with van der Waals surface area (Å²) in [4.78, 5) is 0. The average molecular weight is 214 g/mol. The summed E-state index contributed by atoms with van der Waals surface area (Å²) in [7, 11) is 0. The quantitative estimate of drug-likeness (QED) is 0.715. The zero-order valence-electron chi connectivity index (χ0n) is 10.3. The summed E-state index contributed by atoms with van der Waals surface area (Å²) in [6, 6.07) is 4.33. The van der Waals surface area contributed by atoms with Crippen molar-refractivity contribution in [2.24, 2.45) is 5.41 Å². The van der Waals surface area contributed by atoms with Gasteiger partial charge in [0.25, 0.3) is 0 Å². The second-order valence-electron chi connectivity index (χ2n) is 4.98. The Bertz CT molecular complexity index is 411. The molecule has 2 heteroatoms. The van der Waals surface area contributed by atoms with Crippen molar-refractivity contribution in [2.45, 2.75) is 46.5 Å². The van der Waals surface area contributed by atoms with Crippen LogP contribution in [-0.2, 0) is 0 Å². The summed E-state index contributed by atoms with van der Waals surface area (Å²) in [6.07, 6.45) is 6.18. The van der Waals surface area contributed by atoms with E-state index in [2.05, 4.69) is 19.1 Å². The van der Waals surface area contributed by atoms with Crippen LogP contribution in [0.15, 0.2) is 22.8 Å². The van der Waals surface area contributed by atoms with Crippen molar-refractivity contribution in [2.75, 3.05) is 0 Å². The molecule has 0 radical (unpaired) electrons. The van der Waals surface area contributed by atoms with Gasteiger partial charge in [0.15, 0.2) is 0 Å². The van der Waals surface area contributed by atoms with Gasteiger partial charge >= 0.3 is 0 Å². The number of rotatable bonds is 3. The van der Waals surface area contributed by atoms with Crippen LogP contribution in [0.25, 0.3) is 0 Å². The highest BCUT2D eigenvalue weighted by Crippen LogP contribution is 2.40. The second kappa shape index (κ2) is 4.99. The summed E-state index contributed by atoms with van der Waals surface area (Å²) < 4.78 is 0. The molecular formula is C14H18N2. The zero-order valence-corrected chi connectivity index (χ0v) is 10.3. The number of hydrogen-bond donors (Lipinski definition) is 0. The fourth-order valence-electron chi connectivity index (χ4n) is 2.21. The van der Waals surface area contributed by atoms with Gasteiger partial charge in [0.2, 0.25) is 0 Å². The molecule has 0 saturated carbocycles. The number of nitrogens with zero attached hydrogens (tertiary/aromatic N) is 2. The highest BCUT2D eigenvalue weighted by atomic mass is 14.4. The molecule has 0 aromatic heterocycles. The van der Waals surface area contributed by atoms with E-state index in [-0.39, 0.29) is 5.41 Å². The van der Waals surface area contributed by atoms with E-state index < -0.39 is 0 Å². The molecule has 1 aliphatic carbocycles. The Hall–Kier alpha value is -1.54. The first-order valence-corrected chi connectivity index (χ1v) is 5.79. The first-order valence-electron chi connectivity index (χ1n) is 5.79. The van der Waals surface area contributed by atoms with E-state index in [4.69, 9.17) is 10.5 Å². The molecule has 84 valence electrons. The van der Waals surface area contributed by atoms with Gasteiger partial charge in [-0.15, -0.1) is 0 Å². The predicted octanol–water partition coefficient (Wildman–Crippen LogP) is 3.88. The fraction of sp³-hybridized carbons (Fsp3) is 0.571. The van der Waals surface area contributed by atoms with Crippen molar-refractivity contribution in [1.82, 2.24) is 0 Å². The molecule has 0 aromatic carbocycles. The molecule has 0 unspecified atom stereocenters. The van der Waals surface area contributed by atoms with E-state index in [1.54, 1.807) is 0 Å². The van der Waals surface area contributed by atoms with Crippen LogP contribution in [0.4, 0.5) is 0 Å². The summed E-state index contributed by atoms with van der Waals surface area (Å²) in [6.45, 7) is 6.25. The Kier molecular flexibility index (Phi) is 3.91. The van der Waals surface area contributed by atoms with Gasteiger partial charge in [-0.05, 0) is 25.3 Å². The molecule has 0 N–H and O–H groups in total. The number of hydrogen-bond acceptors (Lipinski definition) is 2. The minimum atomic E-state index is -0.183. The topological polar surface area (TPSA) is 47.6 Å². The third-order valence-corrected chi connectivity index (χ3v) is 3.05. The Balaban J connectivity index is 3.06. The molecule has 0 bridgehead atoms. The molecule has 1 aliphatic rings. The molecule has 16 heavy (non-hydrogen) atoms. The average Bonchev–Trinajstić information content (AvgIpc) is 2.24. The number of allylic oxidation sites excluding steroid dienone is 4. The van der Waals surface area contributed by atoms with Crippen LogP contribution in [0.1, 0.15) is 46.5 Å². The van der Waals surface area contributed by atoms with Crippen molar-refractivity contribution < 1.29 is 0 Å². The van der Waals surface area contributed by atoms with Crippen LogP contribution >= 0.6 is 0 Å². The van der Waals surface area contributed by atoms with Gasteiger partial charge in [0, 0.05) is 5.41 Å². The van der Waals surface area contributed by atoms with E-state index in [0.29, 0.717) is 11.1 Å². The van der Waals surface area contributed by atoms with Crippen LogP contribution in [0, 0.1) is 28.1 Å². The summed E-state index contributed by atoms with van der Waals surface area (Å²) >= 11 is 0. The van der Waals surface area contributed by atoms with Crippen molar-refractivity contribution in [3.05, 3.63) is 22.8 Å². The SMILES string of the molecule is CCCCC1=CC(C#N)=C(C#N)C(C)(C)C1. The Morgan fingerprint density at radius 1 is 1.31 bits per heavy atom. The van der Waals surface area contributed by atoms with E-state index in [1.165, 1.54) is 5.57 Å². The highest BCUT2D eigenvalue weighted by Gasteiger charge is 2.30. The summed E-state index contributed by atoms with van der Waals surface area (Å²) in [5.41, 5.74) is 2.32. The monoisotopic (exact) mass is 214 g/mol. The molecule has 0 saturated heterocycles. The lowest BCUT2D eigenvalue weighted by Crippen LogP contribution is -2.20. The van der Waals surface area contributed by atoms with Crippen LogP contribution in [0.2, 0.25) is 0 Å². The van der Waals surface area contributed by atoms with E-state index in [1.807, 2.05) is 19.9 Å². The van der Waals surface area contributed by atoms with Crippen molar-refractivity contribution >= 4 is 0 Å². The van der Waals surface area contributed by atoms with Gasteiger partial charge in [-0.2, -0.15) is 10.5 Å². The van der Waals surface area contributed by atoms with Gasteiger partial charge in [-0.3, -0.25) is 0 Å². The van der Waals surface area contributed by atoms with Gasteiger partial charge in [-0.1, -0.05) is 32.8 Å². The Labute approximate surface area is 97.9 Å². The molecule has 0 atom stereocenters. The smallest absolute Gasteiger partial charge is 0.100 e. The standard InChI is InChI=1S/C14H18N2/c1-4-5-6-11-7-12(9-15)13(10-16)14(2,3)8-11/h7H,4-6,8H2,1-3H3. The summed E-state index contributed by atoms with van der Waals surface area (Å²) in [5.74, 6) is 0. The number of nitriles is 2. The zero-order chi connectivity index (χ0) is 12.2. The maximum atomic E-state index is 9.10. The fourth-order valence-corrected chi connectivity index (χ4v) is 2.21. The molecule has 0 aliphatic heterocycles. The normalized spacial score (nSPS) is 18.7. The van der Waals surface area contributed by atoms with Crippen molar-refractivity contribution in [3.63, 3.8) is 0 Å². The molecule has 0 aromatic rings. The lowest BCUT2D eigenvalue weighted by atomic mass is 9.72. The van der Waals surface area contributed by atoms with Crippen molar-refractivity contribution in [3.8, 4) is 12.1 Å². The minimum absolute atomic E-state index is 0.183. The minimum Gasteiger partial charge on any atom is -0.193 e. The summed E-state index contributed by atoms with van der Waals surface area (Å²) in [5, 5.41) is 18.2. The molecule has 0 spiro atoms. The van der Waals surface area contributed by atoms with E-state index in [9.17, 15) is 0 Å². The van der Waals surface area contributed by atoms with Crippen LogP contribution in [0.5, 0.6) is 0 Å². The highest BCUT2D eigenvalue weighted by molar-refractivity contribution is 5.51. The van der Waals surface area contributed by atoms with Gasteiger partial charge in [0.05, 0.1) is 17.2 Å². The van der Waals surface area contributed by atoms with Gasteiger partial charge < -0.3 is 0 Å². The third kappa shape index (κ3) is 2.52. The van der Waals surface area contributed by atoms with E-state index in [0.717, 1.165) is 25.7 Å². The van der Waals surface area contributed by atoms with Crippen LogP contribution < -0.4 is 0 Å². The van der Waals surface area contributed by atoms with Gasteiger partial charge in [0.1, 0.15) is 6.07 Å². The Morgan fingerprint density at radius 3 is 2.50 bits per heavy atom. The van der Waals surface area contributed by atoms with Crippen LogP contribution in [0.3, 0.4) is 0 Å². The maximum Gasteiger partial charge on any atom is 0.100 e. The number of unbranched alkanes of at least 4 members (excludes halogenated alkanes) is 1. The second-order valence-corrected chi connectivity index (χ2v) is 4.98.